The largest absolute Gasteiger partial charge is 0.212 e. The van der Waals surface area contributed by atoms with Crippen LogP contribution in [-0.4, -0.2) is 21.1 Å². The minimum absolute atomic E-state index is 0.262. The van der Waals surface area contributed by atoms with E-state index in [2.05, 4.69) is 27.4 Å². The van der Waals surface area contributed by atoms with E-state index in [-0.39, 0.29) is 5.82 Å². The first-order valence-electron chi connectivity index (χ1n) is 7.11. The van der Waals surface area contributed by atoms with Crippen molar-refractivity contribution in [2.45, 2.75) is 17.8 Å². The van der Waals surface area contributed by atoms with Gasteiger partial charge in [0.1, 0.15) is 5.82 Å². The fraction of sp³-hybridized carbons (Fsp3) is 0.118. The second-order valence-electron chi connectivity index (χ2n) is 4.91. The van der Waals surface area contributed by atoms with E-state index in [0.29, 0.717) is 5.82 Å². The second kappa shape index (κ2) is 7.19. The molecule has 0 bridgehead atoms. The van der Waals surface area contributed by atoms with E-state index in [9.17, 15) is 4.39 Å². The third-order valence-corrected chi connectivity index (χ3v) is 4.16. The van der Waals surface area contributed by atoms with Crippen molar-refractivity contribution < 1.29 is 4.39 Å². The normalized spacial score (nSPS) is 11.2. The SMILES string of the molecule is Cc1nnc(SCc2ccccc2)n1/N=C/c1ccc(F)cc1. The zero-order chi connectivity index (χ0) is 16.1. The summed E-state index contributed by atoms with van der Waals surface area (Å²) in [5.74, 6) is 1.24. The Morgan fingerprint density at radius 3 is 2.57 bits per heavy atom. The van der Waals surface area contributed by atoms with E-state index in [1.165, 1.54) is 17.7 Å². The van der Waals surface area contributed by atoms with Gasteiger partial charge in [-0.15, -0.1) is 10.2 Å². The van der Waals surface area contributed by atoms with E-state index in [4.69, 9.17) is 0 Å². The highest BCUT2D eigenvalue weighted by molar-refractivity contribution is 7.98. The Bertz CT molecular complexity index is 797. The average Bonchev–Trinajstić information content (AvgIpc) is 2.93. The first kappa shape index (κ1) is 15.4. The summed E-state index contributed by atoms with van der Waals surface area (Å²) in [5, 5.41) is 13.4. The molecule has 1 aromatic heterocycles. The summed E-state index contributed by atoms with van der Waals surface area (Å²) >= 11 is 1.57. The molecule has 0 aliphatic carbocycles. The number of benzene rings is 2. The Hall–Kier alpha value is -2.47. The van der Waals surface area contributed by atoms with Gasteiger partial charge in [-0.3, -0.25) is 0 Å². The number of aromatic nitrogens is 3. The Labute approximate surface area is 138 Å². The summed E-state index contributed by atoms with van der Waals surface area (Å²) in [6.45, 7) is 1.85. The lowest BCUT2D eigenvalue weighted by Crippen LogP contribution is -1.96. The van der Waals surface area contributed by atoms with Crippen LogP contribution in [0.3, 0.4) is 0 Å². The van der Waals surface area contributed by atoms with Gasteiger partial charge in [0.15, 0.2) is 5.82 Å². The van der Waals surface area contributed by atoms with Crippen LogP contribution in [-0.2, 0) is 5.75 Å². The fourth-order valence-corrected chi connectivity index (χ4v) is 2.84. The first-order chi connectivity index (χ1) is 11.2. The molecule has 0 amide bonds. The summed E-state index contributed by atoms with van der Waals surface area (Å²) in [6.07, 6.45) is 1.67. The van der Waals surface area contributed by atoms with Gasteiger partial charge in [-0.25, -0.2) is 4.39 Å². The maximum absolute atomic E-state index is 12.9. The van der Waals surface area contributed by atoms with Gasteiger partial charge in [-0.1, -0.05) is 54.2 Å². The lowest BCUT2D eigenvalue weighted by molar-refractivity contribution is 0.628. The van der Waals surface area contributed by atoms with Crippen LogP contribution in [0.4, 0.5) is 4.39 Å². The molecule has 0 saturated carbocycles. The monoisotopic (exact) mass is 326 g/mol. The summed E-state index contributed by atoms with van der Waals surface area (Å²) in [7, 11) is 0. The van der Waals surface area contributed by atoms with Gasteiger partial charge in [0.05, 0.1) is 6.21 Å². The van der Waals surface area contributed by atoms with E-state index in [0.717, 1.165) is 16.5 Å². The Morgan fingerprint density at radius 1 is 1.09 bits per heavy atom. The third kappa shape index (κ3) is 4.04. The maximum atomic E-state index is 12.9. The van der Waals surface area contributed by atoms with Crippen LogP contribution in [0.5, 0.6) is 0 Å². The van der Waals surface area contributed by atoms with Crippen LogP contribution in [0.15, 0.2) is 64.9 Å². The predicted molar refractivity (Wildman–Crippen MR) is 90.2 cm³/mol. The standard InChI is InChI=1S/C17H15FN4S/c1-13-20-21-17(23-12-15-5-3-2-4-6-15)22(13)19-11-14-7-9-16(18)10-8-14/h2-11H,12H2,1H3/b19-11+. The van der Waals surface area contributed by atoms with Crippen molar-refractivity contribution in [1.82, 2.24) is 14.9 Å². The quantitative estimate of drug-likeness (QED) is 0.527. The summed E-state index contributed by atoms with van der Waals surface area (Å²) in [6, 6.07) is 16.3. The van der Waals surface area contributed by atoms with Gasteiger partial charge in [0.25, 0.3) is 0 Å². The molecular weight excluding hydrogens is 311 g/mol. The molecule has 0 fully saturated rings. The lowest BCUT2D eigenvalue weighted by atomic mass is 10.2. The molecule has 0 radical (unpaired) electrons. The summed E-state index contributed by atoms with van der Waals surface area (Å²) in [4.78, 5) is 0. The molecule has 0 unspecified atom stereocenters. The molecule has 1 heterocycles. The molecule has 0 saturated heterocycles. The summed E-state index contributed by atoms with van der Waals surface area (Å²) in [5.41, 5.74) is 2.03. The number of rotatable bonds is 5. The van der Waals surface area contributed by atoms with Crippen molar-refractivity contribution in [1.29, 1.82) is 0 Å². The predicted octanol–water partition coefficient (Wildman–Crippen LogP) is 3.90. The smallest absolute Gasteiger partial charge is 0.207 e. The number of thioether (sulfide) groups is 1. The number of hydrogen-bond acceptors (Lipinski definition) is 4. The number of hydrogen-bond donors (Lipinski definition) is 0. The Morgan fingerprint density at radius 2 is 1.83 bits per heavy atom. The minimum Gasteiger partial charge on any atom is -0.207 e. The summed E-state index contributed by atoms with van der Waals surface area (Å²) < 4.78 is 14.6. The van der Waals surface area contributed by atoms with Crippen molar-refractivity contribution in [3.8, 4) is 0 Å². The van der Waals surface area contributed by atoms with Crippen molar-refractivity contribution in [2.24, 2.45) is 5.10 Å². The molecule has 0 atom stereocenters. The molecule has 0 N–H and O–H groups in total. The van der Waals surface area contributed by atoms with E-state index in [1.54, 1.807) is 34.8 Å². The average molecular weight is 326 g/mol. The second-order valence-corrected chi connectivity index (χ2v) is 5.85. The zero-order valence-corrected chi connectivity index (χ0v) is 13.4. The van der Waals surface area contributed by atoms with Crippen LogP contribution in [0.1, 0.15) is 17.0 Å². The molecule has 4 nitrogen and oxygen atoms in total. The van der Waals surface area contributed by atoms with Gasteiger partial charge < -0.3 is 0 Å². The van der Waals surface area contributed by atoms with Crippen molar-refractivity contribution in [3.63, 3.8) is 0 Å². The molecule has 116 valence electrons. The maximum Gasteiger partial charge on any atom is 0.212 e. The van der Waals surface area contributed by atoms with Crippen LogP contribution in [0.2, 0.25) is 0 Å². The highest BCUT2D eigenvalue weighted by atomic mass is 32.2. The highest BCUT2D eigenvalue weighted by Gasteiger charge is 2.08. The van der Waals surface area contributed by atoms with E-state index < -0.39 is 0 Å². The van der Waals surface area contributed by atoms with Gasteiger partial charge in [0.2, 0.25) is 5.16 Å². The zero-order valence-electron chi connectivity index (χ0n) is 12.6. The lowest BCUT2D eigenvalue weighted by Gasteiger charge is -2.02. The van der Waals surface area contributed by atoms with E-state index in [1.807, 2.05) is 25.1 Å². The molecule has 0 aliphatic heterocycles. The van der Waals surface area contributed by atoms with Crippen molar-refractivity contribution in [3.05, 3.63) is 77.4 Å². The molecule has 0 aliphatic rings. The van der Waals surface area contributed by atoms with E-state index >= 15 is 0 Å². The van der Waals surface area contributed by atoms with Crippen LogP contribution in [0, 0.1) is 12.7 Å². The number of nitrogens with zero attached hydrogens (tertiary/aromatic N) is 4. The van der Waals surface area contributed by atoms with Gasteiger partial charge >= 0.3 is 0 Å². The Balaban J connectivity index is 1.74. The van der Waals surface area contributed by atoms with Gasteiger partial charge in [-0.2, -0.15) is 9.78 Å². The van der Waals surface area contributed by atoms with Crippen LogP contribution < -0.4 is 0 Å². The molecule has 3 rings (SSSR count). The van der Waals surface area contributed by atoms with Crippen molar-refractivity contribution in [2.75, 3.05) is 0 Å². The molecule has 6 heteroatoms. The molecule has 0 spiro atoms. The fourth-order valence-electron chi connectivity index (χ4n) is 1.96. The van der Waals surface area contributed by atoms with Gasteiger partial charge in [-0.05, 0) is 30.2 Å². The topological polar surface area (TPSA) is 43.1 Å². The van der Waals surface area contributed by atoms with Crippen molar-refractivity contribution >= 4 is 18.0 Å². The Kier molecular flexibility index (Phi) is 4.83. The molecule has 3 aromatic rings. The molecule has 2 aromatic carbocycles. The third-order valence-electron chi connectivity index (χ3n) is 3.17. The molecule has 23 heavy (non-hydrogen) atoms. The highest BCUT2D eigenvalue weighted by Crippen LogP contribution is 2.21. The van der Waals surface area contributed by atoms with Crippen LogP contribution in [0.25, 0.3) is 0 Å². The molecular formula is C17H15FN4S. The number of halogens is 1. The van der Waals surface area contributed by atoms with Crippen LogP contribution >= 0.6 is 11.8 Å². The minimum atomic E-state index is -0.262. The first-order valence-corrected chi connectivity index (χ1v) is 8.09. The van der Waals surface area contributed by atoms with Gasteiger partial charge in [0, 0.05) is 5.75 Å². The number of aryl methyl sites for hydroxylation is 1.